The van der Waals surface area contributed by atoms with Crippen molar-refractivity contribution in [1.82, 2.24) is 0 Å². The molecule has 0 saturated heterocycles. The Morgan fingerprint density at radius 3 is 2.74 bits per heavy atom. The van der Waals surface area contributed by atoms with Gasteiger partial charge >= 0.3 is 0 Å². The van der Waals surface area contributed by atoms with Gasteiger partial charge in [-0.25, -0.2) is 0 Å². The Morgan fingerprint density at radius 2 is 1.95 bits per heavy atom. The molecule has 1 aliphatic carbocycles. The summed E-state index contributed by atoms with van der Waals surface area (Å²) in [4.78, 5) is 2.36. The molecular formula is C16H24N2O. The average molecular weight is 260 g/mol. The van der Waals surface area contributed by atoms with E-state index in [2.05, 4.69) is 17.0 Å². The first-order valence-corrected chi connectivity index (χ1v) is 7.52. The Hall–Kier alpha value is -1.22. The predicted molar refractivity (Wildman–Crippen MR) is 79.4 cm³/mol. The minimum absolute atomic E-state index is 0.478. The van der Waals surface area contributed by atoms with Gasteiger partial charge < -0.3 is 15.7 Å². The van der Waals surface area contributed by atoms with Gasteiger partial charge in [0.05, 0.1) is 5.60 Å². The van der Waals surface area contributed by atoms with Crippen LogP contribution in [0.1, 0.15) is 44.1 Å². The minimum atomic E-state index is -0.478. The van der Waals surface area contributed by atoms with E-state index in [9.17, 15) is 5.11 Å². The average Bonchev–Trinajstić information content (AvgIpc) is 2.39. The Kier molecular flexibility index (Phi) is 3.40. The second-order valence-electron chi connectivity index (χ2n) is 6.20. The fraction of sp³-hybridized carbons (Fsp3) is 0.625. The number of hydrogen-bond acceptors (Lipinski definition) is 3. The van der Waals surface area contributed by atoms with Gasteiger partial charge in [-0.1, -0.05) is 19.3 Å². The Labute approximate surface area is 115 Å². The molecule has 1 heterocycles. The lowest BCUT2D eigenvalue weighted by Gasteiger charge is -2.40. The van der Waals surface area contributed by atoms with Gasteiger partial charge in [0.2, 0.25) is 0 Å². The van der Waals surface area contributed by atoms with Crippen LogP contribution < -0.4 is 10.6 Å². The van der Waals surface area contributed by atoms with Gasteiger partial charge in [0.15, 0.2) is 0 Å². The molecule has 1 fully saturated rings. The van der Waals surface area contributed by atoms with Crippen LogP contribution in [0.4, 0.5) is 11.4 Å². The first kappa shape index (κ1) is 12.8. The molecular weight excluding hydrogens is 236 g/mol. The van der Waals surface area contributed by atoms with E-state index in [1.165, 1.54) is 30.5 Å². The second-order valence-corrected chi connectivity index (χ2v) is 6.20. The van der Waals surface area contributed by atoms with Crippen LogP contribution in [0, 0.1) is 0 Å². The summed E-state index contributed by atoms with van der Waals surface area (Å²) in [5.41, 5.74) is 8.85. The number of rotatable bonds is 2. The zero-order valence-corrected chi connectivity index (χ0v) is 11.6. The summed E-state index contributed by atoms with van der Waals surface area (Å²) in [5.74, 6) is 0. The molecule has 19 heavy (non-hydrogen) atoms. The first-order chi connectivity index (χ1) is 9.16. The van der Waals surface area contributed by atoms with Crippen molar-refractivity contribution in [2.75, 3.05) is 23.7 Å². The van der Waals surface area contributed by atoms with Crippen LogP contribution in [0.25, 0.3) is 0 Å². The van der Waals surface area contributed by atoms with Crippen LogP contribution in [-0.4, -0.2) is 23.8 Å². The molecule has 0 aromatic heterocycles. The molecule has 1 aliphatic heterocycles. The van der Waals surface area contributed by atoms with Crippen molar-refractivity contribution in [3.63, 3.8) is 0 Å². The van der Waals surface area contributed by atoms with Crippen molar-refractivity contribution in [1.29, 1.82) is 0 Å². The number of aliphatic hydroxyl groups is 1. The highest BCUT2D eigenvalue weighted by Crippen LogP contribution is 2.34. The van der Waals surface area contributed by atoms with Crippen LogP contribution in [0.5, 0.6) is 0 Å². The Morgan fingerprint density at radius 1 is 1.16 bits per heavy atom. The fourth-order valence-corrected chi connectivity index (χ4v) is 3.58. The van der Waals surface area contributed by atoms with Crippen LogP contribution in [0.15, 0.2) is 18.2 Å². The normalized spacial score (nSPS) is 22.1. The number of nitrogen functional groups attached to an aromatic ring is 1. The number of hydrogen-bond donors (Lipinski definition) is 2. The maximum atomic E-state index is 10.7. The van der Waals surface area contributed by atoms with Crippen LogP contribution in [-0.2, 0) is 6.42 Å². The molecule has 3 rings (SSSR count). The third-order valence-electron chi connectivity index (χ3n) is 4.59. The molecule has 1 aromatic carbocycles. The molecule has 0 atom stereocenters. The molecule has 2 aliphatic rings. The van der Waals surface area contributed by atoms with Crippen LogP contribution in [0.3, 0.4) is 0 Å². The van der Waals surface area contributed by atoms with E-state index in [0.29, 0.717) is 0 Å². The zero-order chi connectivity index (χ0) is 13.3. The van der Waals surface area contributed by atoms with Gasteiger partial charge in [-0.05, 0) is 49.4 Å². The van der Waals surface area contributed by atoms with E-state index >= 15 is 0 Å². The summed E-state index contributed by atoms with van der Waals surface area (Å²) in [6.07, 6.45) is 7.77. The lowest BCUT2D eigenvalue weighted by atomic mass is 9.84. The van der Waals surface area contributed by atoms with Crippen molar-refractivity contribution in [2.45, 2.75) is 50.5 Å². The van der Waals surface area contributed by atoms with Crippen LogP contribution >= 0.6 is 0 Å². The summed E-state index contributed by atoms with van der Waals surface area (Å²) < 4.78 is 0. The third kappa shape index (κ3) is 2.71. The molecule has 0 radical (unpaired) electrons. The van der Waals surface area contributed by atoms with Gasteiger partial charge in [-0.3, -0.25) is 0 Å². The van der Waals surface area contributed by atoms with Crippen molar-refractivity contribution < 1.29 is 5.11 Å². The SMILES string of the molecule is Nc1ccc2c(c1)CCCN2CC1(O)CCCCC1. The second kappa shape index (κ2) is 5.04. The highest BCUT2D eigenvalue weighted by molar-refractivity contribution is 5.61. The monoisotopic (exact) mass is 260 g/mol. The number of benzene rings is 1. The van der Waals surface area contributed by atoms with Gasteiger partial charge in [0.1, 0.15) is 0 Å². The molecule has 3 heteroatoms. The van der Waals surface area contributed by atoms with Crippen LogP contribution in [0.2, 0.25) is 0 Å². The van der Waals surface area contributed by atoms with Gasteiger partial charge in [-0.2, -0.15) is 0 Å². The predicted octanol–water partition coefficient (Wildman–Crippen LogP) is 2.72. The molecule has 0 spiro atoms. The quantitative estimate of drug-likeness (QED) is 0.804. The summed E-state index contributed by atoms with van der Waals surface area (Å²) in [6, 6.07) is 6.19. The zero-order valence-electron chi connectivity index (χ0n) is 11.6. The standard InChI is InChI=1S/C16H24N2O/c17-14-6-7-15-13(11-14)5-4-10-18(15)12-16(19)8-2-1-3-9-16/h6-7,11,19H,1-5,8-10,12,17H2. The molecule has 3 N–H and O–H groups in total. The summed E-state index contributed by atoms with van der Waals surface area (Å²) in [6.45, 7) is 1.84. The van der Waals surface area contributed by atoms with Gasteiger partial charge in [-0.15, -0.1) is 0 Å². The van der Waals surface area contributed by atoms with E-state index in [1.807, 2.05) is 6.07 Å². The van der Waals surface area contributed by atoms with Gasteiger partial charge in [0, 0.05) is 24.5 Å². The molecule has 0 unspecified atom stereocenters. The maximum absolute atomic E-state index is 10.7. The smallest absolute Gasteiger partial charge is 0.0821 e. The highest BCUT2D eigenvalue weighted by atomic mass is 16.3. The molecule has 1 aromatic rings. The van der Waals surface area contributed by atoms with E-state index in [0.717, 1.165) is 44.5 Å². The lowest BCUT2D eigenvalue weighted by molar-refractivity contribution is 0.0108. The number of nitrogens with two attached hydrogens (primary N) is 1. The minimum Gasteiger partial charge on any atom is -0.399 e. The first-order valence-electron chi connectivity index (χ1n) is 7.52. The van der Waals surface area contributed by atoms with E-state index in [4.69, 9.17) is 5.73 Å². The molecule has 0 bridgehead atoms. The molecule has 3 nitrogen and oxygen atoms in total. The van der Waals surface area contributed by atoms with Crippen molar-refractivity contribution in [2.24, 2.45) is 0 Å². The Balaban J connectivity index is 1.79. The summed E-state index contributed by atoms with van der Waals surface area (Å²) in [5, 5.41) is 10.7. The molecule has 104 valence electrons. The number of β-amino-alcohol motifs (C(OH)–C–C–N with tert-alkyl or cyclic N) is 1. The van der Waals surface area contributed by atoms with E-state index in [1.54, 1.807) is 0 Å². The topological polar surface area (TPSA) is 49.5 Å². The Bertz CT molecular complexity index is 452. The summed E-state index contributed by atoms with van der Waals surface area (Å²) >= 11 is 0. The lowest BCUT2D eigenvalue weighted by Crippen LogP contribution is -2.46. The molecule has 0 amide bonds. The van der Waals surface area contributed by atoms with Crippen molar-refractivity contribution in [3.8, 4) is 0 Å². The number of fused-ring (bicyclic) bond motifs is 1. The van der Waals surface area contributed by atoms with Crippen molar-refractivity contribution in [3.05, 3.63) is 23.8 Å². The fourth-order valence-electron chi connectivity index (χ4n) is 3.58. The number of aryl methyl sites for hydroxylation is 1. The van der Waals surface area contributed by atoms with E-state index < -0.39 is 5.60 Å². The highest BCUT2D eigenvalue weighted by Gasteiger charge is 2.32. The van der Waals surface area contributed by atoms with Gasteiger partial charge in [0.25, 0.3) is 0 Å². The maximum Gasteiger partial charge on any atom is 0.0821 e. The van der Waals surface area contributed by atoms with Crippen molar-refractivity contribution >= 4 is 11.4 Å². The number of nitrogens with zero attached hydrogens (tertiary/aromatic N) is 1. The summed E-state index contributed by atoms with van der Waals surface area (Å²) in [7, 11) is 0. The third-order valence-corrected chi connectivity index (χ3v) is 4.59. The largest absolute Gasteiger partial charge is 0.399 e. The van der Waals surface area contributed by atoms with E-state index in [-0.39, 0.29) is 0 Å². The molecule has 1 saturated carbocycles. The number of anilines is 2.